The van der Waals surface area contributed by atoms with Crippen molar-refractivity contribution in [2.24, 2.45) is 10.8 Å². The quantitative estimate of drug-likeness (QED) is 0.318. The summed E-state index contributed by atoms with van der Waals surface area (Å²) in [5.74, 6) is -1.47. The summed E-state index contributed by atoms with van der Waals surface area (Å²) in [4.78, 5) is 79.2. The SMILES string of the molecule is CC(C)(C)OC(=O)N[C@H](CN1C(=O)c2ccncc2C1=O)C(C)(C)C.CC(C)(C)OC(=O)N[C@H](CO)C(C)(C)C.O=C1NC(=O)c2cnccc21. The first-order valence-electron chi connectivity index (χ1n) is 16.4. The van der Waals surface area contributed by atoms with Crippen molar-refractivity contribution in [3.05, 3.63) is 59.2 Å². The molecule has 51 heavy (non-hydrogen) atoms. The Morgan fingerprint density at radius 2 is 1.10 bits per heavy atom. The number of aliphatic hydroxyl groups excluding tert-OH is 1. The van der Waals surface area contributed by atoms with Crippen molar-refractivity contribution in [3.63, 3.8) is 0 Å². The number of hydrogen-bond donors (Lipinski definition) is 4. The van der Waals surface area contributed by atoms with Crippen molar-refractivity contribution in [3.8, 4) is 0 Å². The number of aliphatic hydroxyl groups is 1. The molecule has 2 aliphatic heterocycles. The van der Waals surface area contributed by atoms with E-state index in [0.717, 1.165) is 4.90 Å². The van der Waals surface area contributed by atoms with E-state index >= 15 is 0 Å². The van der Waals surface area contributed by atoms with Crippen molar-refractivity contribution in [2.45, 2.75) is 106 Å². The Bertz CT molecular complexity index is 1550. The molecule has 15 heteroatoms. The van der Waals surface area contributed by atoms with E-state index < -0.39 is 35.3 Å². The second-order valence-corrected chi connectivity index (χ2v) is 16.2. The third-order valence-electron chi connectivity index (χ3n) is 7.33. The molecule has 0 saturated heterocycles. The molecule has 0 radical (unpaired) electrons. The van der Waals surface area contributed by atoms with Crippen LogP contribution in [0.2, 0.25) is 0 Å². The highest BCUT2D eigenvalue weighted by Gasteiger charge is 2.40. The lowest BCUT2D eigenvalue weighted by Gasteiger charge is -2.34. The van der Waals surface area contributed by atoms with E-state index in [0.29, 0.717) is 16.7 Å². The van der Waals surface area contributed by atoms with Gasteiger partial charge in [0.1, 0.15) is 11.2 Å². The first-order chi connectivity index (χ1) is 23.2. The van der Waals surface area contributed by atoms with Crippen molar-refractivity contribution in [1.82, 2.24) is 30.8 Å². The first kappa shape index (κ1) is 42.2. The lowest BCUT2D eigenvalue weighted by molar-refractivity contribution is 0.0409. The van der Waals surface area contributed by atoms with E-state index in [9.17, 15) is 28.8 Å². The van der Waals surface area contributed by atoms with E-state index in [2.05, 4.69) is 25.9 Å². The number of imide groups is 2. The Hall–Kier alpha value is -4.92. The molecule has 2 aliphatic rings. The molecule has 0 saturated carbocycles. The summed E-state index contributed by atoms with van der Waals surface area (Å²) < 4.78 is 10.4. The molecule has 4 heterocycles. The van der Waals surface area contributed by atoms with Crippen molar-refractivity contribution in [2.75, 3.05) is 13.2 Å². The van der Waals surface area contributed by atoms with Gasteiger partial charge in [-0.3, -0.25) is 39.4 Å². The van der Waals surface area contributed by atoms with Gasteiger partial charge in [-0.15, -0.1) is 0 Å². The van der Waals surface area contributed by atoms with Crippen LogP contribution in [0.5, 0.6) is 0 Å². The molecule has 0 unspecified atom stereocenters. The van der Waals surface area contributed by atoms with Gasteiger partial charge in [-0.1, -0.05) is 41.5 Å². The third-order valence-corrected chi connectivity index (χ3v) is 7.33. The molecule has 2 atom stereocenters. The number of nitrogens with zero attached hydrogens (tertiary/aromatic N) is 3. The molecule has 0 aromatic carbocycles. The standard InChI is InChI=1S/C18H25N3O4.C11H23NO3.C7H4N2O2/c1-17(2,3)13(20-16(24)25-18(4,5)6)10-21-14(22)11-7-8-19-9-12(11)15(21)23;1-10(2,3)8(7-13)12-9(14)15-11(4,5)6;10-6-4-1-2-8-3-5(4)7(11)9-6/h7-9,13H,10H2,1-6H3,(H,20,24);8,13H,7H2,1-6H3,(H,12,14);1-3H,(H,9,10,11)/t13-;8-;/m11./s1. The normalized spacial score (nSPS) is 15.2. The van der Waals surface area contributed by atoms with Crippen LogP contribution in [0.3, 0.4) is 0 Å². The first-order valence-corrected chi connectivity index (χ1v) is 16.4. The van der Waals surface area contributed by atoms with Crippen LogP contribution in [0.1, 0.15) is 125 Å². The molecule has 0 bridgehead atoms. The number of hydrogen-bond acceptors (Lipinski definition) is 11. The third kappa shape index (κ3) is 12.7. The zero-order valence-electron chi connectivity index (χ0n) is 31.6. The Labute approximate surface area is 299 Å². The van der Waals surface area contributed by atoms with Crippen molar-refractivity contribution >= 4 is 35.8 Å². The number of alkyl carbamates (subject to hydrolysis) is 2. The Kier molecular flexibility index (Phi) is 13.6. The van der Waals surface area contributed by atoms with E-state index in [-0.39, 0.29) is 53.3 Å². The monoisotopic (exact) mass is 712 g/mol. The van der Waals surface area contributed by atoms with Gasteiger partial charge in [-0.05, 0) is 64.5 Å². The van der Waals surface area contributed by atoms with Crippen LogP contribution < -0.4 is 16.0 Å². The van der Waals surface area contributed by atoms with E-state index in [1.807, 2.05) is 41.5 Å². The molecule has 0 fully saturated rings. The average molecular weight is 713 g/mol. The van der Waals surface area contributed by atoms with Gasteiger partial charge in [0.15, 0.2) is 0 Å². The van der Waals surface area contributed by atoms with Crippen molar-refractivity contribution < 1.29 is 43.3 Å². The van der Waals surface area contributed by atoms with Crippen LogP contribution in [0, 0.1) is 10.8 Å². The fraction of sp³-hybridized carbons (Fsp3) is 0.556. The minimum atomic E-state index is -0.631. The van der Waals surface area contributed by atoms with Crippen LogP contribution >= 0.6 is 0 Å². The smallest absolute Gasteiger partial charge is 0.407 e. The van der Waals surface area contributed by atoms with Crippen LogP contribution in [0.4, 0.5) is 9.59 Å². The summed E-state index contributed by atoms with van der Waals surface area (Å²) in [6.07, 6.45) is 4.67. The zero-order chi connectivity index (χ0) is 39.1. The molecular weight excluding hydrogens is 660 g/mol. The topological polar surface area (TPSA) is 206 Å². The summed E-state index contributed by atoms with van der Waals surface area (Å²) in [7, 11) is 0. The molecule has 0 spiro atoms. The van der Waals surface area contributed by atoms with Crippen molar-refractivity contribution in [1.29, 1.82) is 0 Å². The number of nitrogens with one attached hydrogen (secondary N) is 3. The number of fused-ring (bicyclic) bond motifs is 2. The molecule has 0 aliphatic carbocycles. The molecule has 2 aromatic rings. The number of amides is 6. The number of ether oxygens (including phenoxy) is 2. The van der Waals surface area contributed by atoms with Gasteiger partial charge < -0.3 is 25.2 Å². The van der Waals surface area contributed by atoms with Gasteiger partial charge in [-0.25, -0.2) is 9.59 Å². The van der Waals surface area contributed by atoms with Gasteiger partial charge in [0.25, 0.3) is 23.6 Å². The minimum Gasteiger partial charge on any atom is -0.444 e. The lowest BCUT2D eigenvalue weighted by Crippen LogP contribution is -2.52. The minimum absolute atomic E-state index is 0.0646. The predicted molar refractivity (Wildman–Crippen MR) is 188 cm³/mol. The Morgan fingerprint density at radius 3 is 1.51 bits per heavy atom. The summed E-state index contributed by atoms with van der Waals surface area (Å²) in [6, 6.07) is 2.29. The molecule has 2 aromatic heterocycles. The number of aromatic nitrogens is 2. The number of pyridine rings is 2. The Balaban J connectivity index is 0.000000293. The molecule has 6 amide bonds. The summed E-state index contributed by atoms with van der Waals surface area (Å²) in [5.41, 5.74) is -0.323. The van der Waals surface area contributed by atoms with Crippen LogP contribution in [-0.2, 0) is 9.47 Å². The largest absolute Gasteiger partial charge is 0.444 e. The molecule has 15 nitrogen and oxygen atoms in total. The maximum absolute atomic E-state index is 12.5. The summed E-state index contributed by atoms with van der Waals surface area (Å²) >= 11 is 0. The number of rotatable bonds is 5. The van der Waals surface area contributed by atoms with Gasteiger partial charge in [-0.2, -0.15) is 0 Å². The highest BCUT2D eigenvalue weighted by atomic mass is 16.6. The van der Waals surface area contributed by atoms with E-state index in [1.54, 1.807) is 41.5 Å². The molecular formula is C36H52N6O9. The summed E-state index contributed by atoms with van der Waals surface area (Å²) in [6.45, 7) is 22.3. The van der Waals surface area contributed by atoms with Gasteiger partial charge in [0, 0.05) is 24.8 Å². The van der Waals surface area contributed by atoms with Gasteiger partial charge in [0.05, 0.1) is 47.5 Å². The van der Waals surface area contributed by atoms with Crippen LogP contribution in [0.25, 0.3) is 0 Å². The van der Waals surface area contributed by atoms with Gasteiger partial charge in [0.2, 0.25) is 0 Å². The highest BCUT2D eigenvalue weighted by molar-refractivity contribution is 6.21. The van der Waals surface area contributed by atoms with Gasteiger partial charge >= 0.3 is 12.2 Å². The second-order valence-electron chi connectivity index (χ2n) is 16.2. The molecule has 4 N–H and O–H groups in total. The fourth-order valence-corrected chi connectivity index (χ4v) is 4.47. The maximum atomic E-state index is 12.5. The van der Waals surface area contributed by atoms with E-state index in [1.165, 1.54) is 36.9 Å². The van der Waals surface area contributed by atoms with Crippen LogP contribution in [-0.4, -0.2) is 92.2 Å². The Morgan fingerprint density at radius 1 is 0.686 bits per heavy atom. The average Bonchev–Trinajstić information content (AvgIpc) is 3.40. The van der Waals surface area contributed by atoms with E-state index in [4.69, 9.17) is 14.6 Å². The highest BCUT2D eigenvalue weighted by Crippen LogP contribution is 2.26. The van der Waals surface area contributed by atoms with Crippen LogP contribution in [0.15, 0.2) is 36.9 Å². The second kappa shape index (κ2) is 16.4. The number of carbonyl (C=O) groups is 6. The molecule has 4 rings (SSSR count). The number of carbonyl (C=O) groups excluding carboxylic acids is 6. The fourth-order valence-electron chi connectivity index (χ4n) is 4.47. The summed E-state index contributed by atoms with van der Waals surface area (Å²) in [5, 5.41) is 16.7. The lowest BCUT2D eigenvalue weighted by atomic mass is 9.86. The molecule has 280 valence electrons. The predicted octanol–water partition coefficient (Wildman–Crippen LogP) is 4.50. The zero-order valence-corrected chi connectivity index (χ0v) is 31.6. The maximum Gasteiger partial charge on any atom is 0.407 e.